The first-order valence-electron chi connectivity index (χ1n) is 4.30. The Labute approximate surface area is 83.9 Å². The molecule has 0 aliphatic carbocycles. The van der Waals surface area contributed by atoms with Gasteiger partial charge in [0.05, 0.1) is 11.9 Å². The Morgan fingerprint density at radius 1 is 1.62 bits per heavy atom. The minimum absolute atomic E-state index is 0.0763. The number of hydrogen-bond donors (Lipinski definition) is 0. The Balaban J connectivity index is 2.17. The van der Waals surface area contributed by atoms with Gasteiger partial charge in [0.1, 0.15) is 19.6 Å². The predicted molar refractivity (Wildman–Crippen MR) is 52.3 cm³/mol. The van der Waals surface area contributed by atoms with E-state index in [0.29, 0.717) is 6.61 Å². The molecular formula is C8H13BO3S. The van der Waals surface area contributed by atoms with Gasteiger partial charge in [-0.25, -0.2) is 0 Å². The smallest absolute Gasteiger partial charge is 0.127 e. The van der Waals surface area contributed by atoms with Crippen LogP contribution in [0.25, 0.3) is 0 Å². The maximum absolute atomic E-state index is 5.82. The van der Waals surface area contributed by atoms with Crippen LogP contribution in [0.2, 0.25) is 0 Å². The molecule has 2 radical (unpaired) electrons. The summed E-state index contributed by atoms with van der Waals surface area (Å²) in [6.45, 7) is 0.558. The van der Waals surface area contributed by atoms with E-state index in [9.17, 15) is 0 Å². The minimum Gasteiger partial charge on any atom is -0.382 e. The third kappa shape index (κ3) is 1.33. The fraction of sp³-hybridized carbons (Fsp3) is 1.00. The van der Waals surface area contributed by atoms with Gasteiger partial charge >= 0.3 is 0 Å². The monoisotopic (exact) mass is 200 g/mol. The maximum Gasteiger partial charge on any atom is 0.127 e. The number of rotatable bonds is 3. The fourth-order valence-electron chi connectivity index (χ4n) is 2.16. The Morgan fingerprint density at radius 2 is 2.38 bits per heavy atom. The van der Waals surface area contributed by atoms with E-state index >= 15 is 0 Å². The zero-order chi connectivity index (χ0) is 9.47. The molecule has 0 saturated carbocycles. The zero-order valence-electron chi connectivity index (χ0n) is 7.86. The zero-order valence-corrected chi connectivity index (χ0v) is 8.67. The largest absolute Gasteiger partial charge is 0.382 e. The molecule has 0 aromatic carbocycles. The molecule has 0 aromatic rings. The van der Waals surface area contributed by atoms with Crippen molar-refractivity contribution in [2.45, 2.75) is 23.0 Å². The van der Waals surface area contributed by atoms with Crippen molar-refractivity contribution in [3.8, 4) is 0 Å². The standard InChI is InChI=1S/C8H13BO3S/c1-10-3-8-4-13-5(6(8)11-2)7(9)12-8/h5-7H,3-4H2,1-2H3/t5?,6?,7-,8-/m1/s1. The Bertz CT molecular complexity index is 204. The molecule has 0 spiro atoms. The van der Waals surface area contributed by atoms with Crippen molar-refractivity contribution >= 4 is 19.6 Å². The number of ether oxygens (including phenoxy) is 3. The molecule has 4 atom stereocenters. The van der Waals surface area contributed by atoms with Crippen molar-refractivity contribution in [2.75, 3.05) is 26.6 Å². The molecule has 0 aromatic heterocycles. The second kappa shape index (κ2) is 3.46. The van der Waals surface area contributed by atoms with E-state index < -0.39 is 0 Å². The lowest BCUT2D eigenvalue weighted by Gasteiger charge is -2.30. The predicted octanol–water partition coefficient (Wildman–Crippen LogP) is 0.0268. The summed E-state index contributed by atoms with van der Waals surface area (Å²) in [5, 5.41) is 0.264. The molecule has 3 nitrogen and oxygen atoms in total. The number of thioether (sulfide) groups is 1. The van der Waals surface area contributed by atoms with E-state index in [-0.39, 0.29) is 23.0 Å². The topological polar surface area (TPSA) is 27.7 Å². The van der Waals surface area contributed by atoms with Crippen LogP contribution < -0.4 is 0 Å². The van der Waals surface area contributed by atoms with Crippen LogP contribution in [0.1, 0.15) is 0 Å². The molecule has 5 heteroatoms. The van der Waals surface area contributed by atoms with Gasteiger partial charge in [-0.15, -0.1) is 0 Å². The highest BCUT2D eigenvalue weighted by atomic mass is 32.2. The Hall–Kier alpha value is 0.295. The Morgan fingerprint density at radius 3 is 2.92 bits per heavy atom. The van der Waals surface area contributed by atoms with Gasteiger partial charge < -0.3 is 14.2 Å². The summed E-state index contributed by atoms with van der Waals surface area (Å²) in [5.41, 5.74) is -0.307. The highest BCUT2D eigenvalue weighted by Gasteiger charge is 2.59. The van der Waals surface area contributed by atoms with Gasteiger partial charge in [-0.1, -0.05) is 0 Å². The third-order valence-corrected chi connectivity index (χ3v) is 4.23. The van der Waals surface area contributed by atoms with E-state index in [1.807, 2.05) is 11.8 Å². The molecule has 2 fully saturated rings. The summed E-state index contributed by atoms with van der Waals surface area (Å²) in [4.78, 5) is 0. The van der Waals surface area contributed by atoms with Crippen LogP contribution in [0.4, 0.5) is 0 Å². The second-order valence-corrected chi connectivity index (χ2v) is 4.68. The van der Waals surface area contributed by atoms with Crippen LogP contribution in [-0.2, 0) is 14.2 Å². The molecule has 2 saturated heterocycles. The molecule has 2 heterocycles. The molecule has 2 aliphatic rings. The van der Waals surface area contributed by atoms with Crippen molar-refractivity contribution in [3.63, 3.8) is 0 Å². The fourth-order valence-corrected chi connectivity index (χ4v) is 3.73. The van der Waals surface area contributed by atoms with Crippen LogP contribution >= 0.6 is 11.8 Å². The maximum atomic E-state index is 5.82. The number of hydrogen-bond acceptors (Lipinski definition) is 4. The second-order valence-electron chi connectivity index (χ2n) is 3.51. The molecule has 2 aliphatic heterocycles. The van der Waals surface area contributed by atoms with Gasteiger partial charge in [0, 0.05) is 26.0 Å². The normalized spacial score (nSPS) is 48.6. The molecular weight excluding hydrogens is 187 g/mol. The lowest BCUT2D eigenvalue weighted by Crippen LogP contribution is -2.45. The van der Waals surface area contributed by atoms with Gasteiger partial charge in [-0.3, -0.25) is 0 Å². The van der Waals surface area contributed by atoms with Gasteiger partial charge in [0.15, 0.2) is 0 Å². The van der Waals surface area contributed by atoms with E-state index in [4.69, 9.17) is 22.1 Å². The van der Waals surface area contributed by atoms with Gasteiger partial charge in [-0.05, 0) is 0 Å². The molecule has 2 rings (SSSR count). The minimum atomic E-state index is -0.307. The quantitative estimate of drug-likeness (QED) is 0.600. The van der Waals surface area contributed by atoms with Crippen molar-refractivity contribution in [1.29, 1.82) is 0 Å². The summed E-state index contributed by atoms with van der Waals surface area (Å²) in [6, 6.07) is -0.209. The SMILES string of the molecule is [B][C@@H]1O[C@]2(COC)CSC1C2OC. The average Bonchev–Trinajstić information content (AvgIpc) is 2.55. The summed E-state index contributed by atoms with van der Waals surface area (Å²) in [6.07, 6.45) is 0.0763. The van der Waals surface area contributed by atoms with Crippen molar-refractivity contribution in [1.82, 2.24) is 0 Å². The first-order chi connectivity index (χ1) is 6.23. The van der Waals surface area contributed by atoms with E-state index in [0.717, 1.165) is 5.75 Å². The van der Waals surface area contributed by atoms with E-state index in [2.05, 4.69) is 0 Å². The lowest BCUT2D eigenvalue weighted by molar-refractivity contribution is -0.0981. The summed E-state index contributed by atoms with van der Waals surface area (Å²) < 4.78 is 16.3. The highest BCUT2D eigenvalue weighted by molar-refractivity contribution is 8.00. The molecule has 72 valence electrons. The van der Waals surface area contributed by atoms with Crippen molar-refractivity contribution in [3.05, 3.63) is 0 Å². The highest BCUT2D eigenvalue weighted by Crippen LogP contribution is 2.48. The van der Waals surface area contributed by atoms with Crippen LogP contribution in [-0.4, -0.2) is 57.4 Å². The van der Waals surface area contributed by atoms with Gasteiger partial charge in [0.2, 0.25) is 0 Å². The molecule has 13 heavy (non-hydrogen) atoms. The van der Waals surface area contributed by atoms with Crippen LogP contribution in [0.3, 0.4) is 0 Å². The van der Waals surface area contributed by atoms with Crippen molar-refractivity contribution < 1.29 is 14.2 Å². The van der Waals surface area contributed by atoms with Crippen LogP contribution in [0, 0.1) is 0 Å². The molecule has 2 bridgehead atoms. The molecule has 0 amide bonds. The van der Waals surface area contributed by atoms with E-state index in [1.165, 1.54) is 0 Å². The van der Waals surface area contributed by atoms with Crippen LogP contribution in [0.5, 0.6) is 0 Å². The third-order valence-electron chi connectivity index (χ3n) is 2.67. The summed E-state index contributed by atoms with van der Waals surface area (Å²) >= 11 is 1.82. The first-order valence-corrected chi connectivity index (χ1v) is 5.35. The number of methoxy groups -OCH3 is 2. The van der Waals surface area contributed by atoms with Gasteiger partial charge in [-0.2, -0.15) is 11.8 Å². The van der Waals surface area contributed by atoms with Crippen LogP contribution in [0.15, 0.2) is 0 Å². The Kier molecular flexibility index (Phi) is 2.62. The first kappa shape index (κ1) is 9.83. The number of fused-ring (bicyclic) bond motifs is 2. The lowest BCUT2D eigenvalue weighted by atomic mass is 9.93. The van der Waals surface area contributed by atoms with Gasteiger partial charge in [0.25, 0.3) is 0 Å². The summed E-state index contributed by atoms with van der Waals surface area (Å²) in [7, 11) is 9.20. The molecule has 0 N–H and O–H groups in total. The van der Waals surface area contributed by atoms with Crippen molar-refractivity contribution in [2.24, 2.45) is 0 Å². The molecule has 2 unspecified atom stereocenters. The summed E-state index contributed by atoms with van der Waals surface area (Å²) in [5.74, 6) is 0.914. The average molecular weight is 200 g/mol. The van der Waals surface area contributed by atoms with E-state index in [1.54, 1.807) is 14.2 Å².